The zero-order chi connectivity index (χ0) is 14.0. The largest absolute Gasteiger partial charge is 0.322 e. The van der Waals surface area contributed by atoms with E-state index >= 15 is 0 Å². The third-order valence-electron chi connectivity index (χ3n) is 3.03. The van der Waals surface area contributed by atoms with Crippen molar-refractivity contribution in [1.82, 2.24) is 9.78 Å². The molecule has 0 aliphatic heterocycles. The van der Waals surface area contributed by atoms with Crippen LogP contribution in [0.2, 0.25) is 0 Å². The molecule has 0 spiro atoms. The molecule has 19 heavy (non-hydrogen) atoms. The summed E-state index contributed by atoms with van der Waals surface area (Å²) in [5.41, 5.74) is 2.62. The van der Waals surface area contributed by atoms with E-state index in [1.54, 1.807) is 36.0 Å². The number of hydrogen-bond donors (Lipinski definition) is 1. The van der Waals surface area contributed by atoms with Crippen LogP contribution in [0.5, 0.6) is 0 Å². The van der Waals surface area contributed by atoms with Crippen molar-refractivity contribution in [3.8, 4) is 0 Å². The molecule has 0 saturated carbocycles. The Labute approximate surface area is 111 Å². The Bertz CT molecular complexity index is 627. The van der Waals surface area contributed by atoms with Crippen LogP contribution in [0.15, 0.2) is 30.5 Å². The standard InChI is InChI=1S/C14H15N3O2/c1-9-13(8-15-17(9)3)14(19)16-12-6-4-11(5-7-12)10(2)18/h4-8H,1-3H3,(H,16,19). The lowest BCUT2D eigenvalue weighted by Gasteiger charge is -2.05. The van der Waals surface area contributed by atoms with Gasteiger partial charge in [-0.05, 0) is 38.1 Å². The number of carbonyl (C=O) groups excluding carboxylic acids is 2. The highest BCUT2D eigenvalue weighted by atomic mass is 16.1. The first-order valence-corrected chi connectivity index (χ1v) is 5.90. The number of hydrogen-bond acceptors (Lipinski definition) is 3. The number of carbonyl (C=O) groups is 2. The highest BCUT2D eigenvalue weighted by Crippen LogP contribution is 2.13. The average Bonchev–Trinajstić information content (AvgIpc) is 2.70. The molecule has 0 unspecified atom stereocenters. The van der Waals surface area contributed by atoms with Gasteiger partial charge < -0.3 is 5.32 Å². The van der Waals surface area contributed by atoms with Crippen LogP contribution in [-0.4, -0.2) is 21.5 Å². The fraction of sp³-hybridized carbons (Fsp3) is 0.214. The zero-order valence-electron chi connectivity index (χ0n) is 11.1. The molecule has 5 heteroatoms. The topological polar surface area (TPSA) is 64.0 Å². The molecule has 2 aromatic rings. The van der Waals surface area contributed by atoms with Gasteiger partial charge in [-0.3, -0.25) is 14.3 Å². The van der Waals surface area contributed by atoms with E-state index in [1.807, 2.05) is 6.92 Å². The zero-order valence-corrected chi connectivity index (χ0v) is 11.1. The Balaban J connectivity index is 2.15. The number of Topliss-reactive ketones (excluding diaryl/α,β-unsaturated/α-hetero) is 1. The van der Waals surface area contributed by atoms with E-state index in [0.717, 1.165) is 5.69 Å². The number of nitrogens with zero attached hydrogens (tertiary/aromatic N) is 2. The van der Waals surface area contributed by atoms with Crippen LogP contribution in [0.25, 0.3) is 0 Å². The minimum atomic E-state index is -0.207. The van der Waals surface area contributed by atoms with Crippen molar-refractivity contribution < 1.29 is 9.59 Å². The molecular formula is C14H15N3O2. The summed E-state index contributed by atoms with van der Waals surface area (Å²) in [5.74, 6) is -0.206. The molecule has 0 atom stereocenters. The van der Waals surface area contributed by atoms with Gasteiger partial charge in [-0.2, -0.15) is 5.10 Å². The molecule has 0 bridgehead atoms. The minimum Gasteiger partial charge on any atom is -0.322 e. The summed E-state index contributed by atoms with van der Waals surface area (Å²) in [6, 6.07) is 6.79. The molecule has 0 fully saturated rings. The van der Waals surface area contributed by atoms with E-state index in [-0.39, 0.29) is 11.7 Å². The molecule has 1 aromatic heterocycles. The van der Waals surface area contributed by atoms with Crippen LogP contribution in [0.1, 0.15) is 33.3 Å². The predicted molar refractivity (Wildman–Crippen MR) is 72.3 cm³/mol. The molecule has 5 nitrogen and oxygen atoms in total. The lowest BCUT2D eigenvalue weighted by molar-refractivity contribution is 0.101. The normalized spacial score (nSPS) is 10.3. The second-order valence-corrected chi connectivity index (χ2v) is 4.35. The van der Waals surface area contributed by atoms with Gasteiger partial charge in [0.2, 0.25) is 0 Å². The van der Waals surface area contributed by atoms with E-state index in [9.17, 15) is 9.59 Å². The maximum Gasteiger partial charge on any atom is 0.259 e. The highest BCUT2D eigenvalue weighted by molar-refractivity contribution is 6.05. The monoisotopic (exact) mass is 257 g/mol. The molecule has 0 saturated heterocycles. The van der Waals surface area contributed by atoms with Crippen LogP contribution < -0.4 is 5.32 Å². The summed E-state index contributed by atoms with van der Waals surface area (Å²) < 4.78 is 1.65. The highest BCUT2D eigenvalue weighted by Gasteiger charge is 2.12. The van der Waals surface area contributed by atoms with Crippen molar-refractivity contribution >= 4 is 17.4 Å². The SMILES string of the molecule is CC(=O)c1ccc(NC(=O)c2cnn(C)c2C)cc1. The molecule has 1 heterocycles. The van der Waals surface area contributed by atoms with Crippen molar-refractivity contribution in [3.63, 3.8) is 0 Å². The molecule has 0 aliphatic carbocycles. The Hall–Kier alpha value is -2.43. The smallest absolute Gasteiger partial charge is 0.259 e. The molecule has 0 aliphatic rings. The van der Waals surface area contributed by atoms with Crippen molar-refractivity contribution in [2.45, 2.75) is 13.8 Å². The fourth-order valence-electron chi connectivity index (χ4n) is 1.71. The van der Waals surface area contributed by atoms with Crippen molar-refractivity contribution in [2.75, 3.05) is 5.32 Å². The van der Waals surface area contributed by atoms with Crippen molar-refractivity contribution in [1.29, 1.82) is 0 Å². The number of aryl methyl sites for hydroxylation is 1. The third kappa shape index (κ3) is 2.70. The predicted octanol–water partition coefficient (Wildman–Crippen LogP) is 2.18. The summed E-state index contributed by atoms with van der Waals surface area (Å²) in [7, 11) is 1.79. The Morgan fingerprint density at radius 1 is 1.21 bits per heavy atom. The maximum absolute atomic E-state index is 12.0. The second-order valence-electron chi connectivity index (χ2n) is 4.35. The fourth-order valence-corrected chi connectivity index (χ4v) is 1.71. The van der Waals surface area contributed by atoms with Gasteiger partial charge in [-0.25, -0.2) is 0 Å². The van der Waals surface area contributed by atoms with Crippen molar-refractivity contribution in [2.24, 2.45) is 7.05 Å². The molecular weight excluding hydrogens is 242 g/mol. The van der Waals surface area contributed by atoms with Gasteiger partial charge in [0.05, 0.1) is 11.8 Å². The quantitative estimate of drug-likeness (QED) is 0.857. The van der Waals surface area contributed by atoms with E-state index in [1.165, 1.54) is 13.1 Å². The summed E-state index contributed by atoms with van der Waals surface area (Å²) in [6.07, 6.45) is 1.54. The molecule has 0 radical (unpaired) electrons. The van der Waals surface area contributed by atoms with Gasteiger partial charge in [-0.15, -0.1) is 0 Å². The molecule has 2 rings (SSSR count). The number of nitrogens with one attached hydrogen (secondary N) is 1. The lowest BCUT2D eigenvalue weighted by atomic mass is 10.1. The number of amides is 1. The van der Waals surface area contributed by atoms with Crippen LogP contribution in [0.3, 0.4) is 0 Å². The number of anilines is 1. The first kappa shape index (κ1) is 13.0. The van der Waals surface area contributed by atoms with Crippen LogP contribution in [0.4, 0.5) is 5.69 Å². The Morgan fingerprint density at radius 2 is 1.84 bits per heavy atom. The van der Waals surface area contributed by atoms with Gasteiger partial charge in [-0.1, -0.05) is 0 Å². The van der Waals surface area contributed by atoms with Gasteiger partial charge in [0.1, 0.15) is 0 Å². The van der Waals surface area contributed by atoms with Crippen LogP contribution in [-0.2, 0) is 7.05 Å². The van der Waals surface area contributed by atoms with Gasteiger partial charge >= 0.3 is 0 Å². The number of ketones is 1. The van der Waals surface area contributed by atoms with E-state index < -0.39 is 0 Å². The Morgan fingerprint density at radius 3 is 2.32 bits per heavy atom. The number of benzene rings is 1. The first-order valence-electron chi connectivity index (χ1n) is 5.90. The summed E-state index contributed by atoms with van der Waals surface area (Å²) in [5, 5.41) is 6.80. The van der Waals surface area contributed by atoms with Crippen LogP contribution in [0, 0.1) is 6.92 Å². The number of aromatic nitrogens is 2. The van der Waals surface area contributed by atoms with Gasteiger partial charge in [0, 0.05) is 24.0 Å². The minimum absolute atomic E-state index is 0.000908. The Kier molecular flexibility index (Phi) is 3.46. The van der Waals surface area contributed by atoms with Gasteiger partial charge in [0.15, 0.2) is 5.78 Å². The first-order chi connectivity index (χ1) is 8.99. The third-order valence-corrected chi connectivity index (χ3v) is 3.03. The maximum atomic E-state index is 12.0. The van der Waals surface area contributed by atoms with Crippen molar-refractivity contribution in [3.05, 3.63) is 47.3 Å². The van der Waals surface area contributed by atoms with Gasteiger partial charge in [0.25, 0.3) is 5.91 Å². The van der Waals surface area contributed by atoms with Crippen LogP contribution >= 0.6 is 0 Å². The summed E-state index contributed by atoms with van der Waals surface area (Å²) >= 11 is 0. The van der Waals surface area contributed by atoms with E-state index in [0.29, 0.717) is 16.8 Å². The number of rotatable bonds is 3. The molecule has 1 amide bonds. The summed E-state index contributed by atoms with van der Waals surface area (Å²) in [6.45, 7) is 3.34. The summed E-state index contributed by atoms with van der Waals surface area (Å²) in [4.78, 5) is 23.2. The molecule has 1 N–H and O–H groups in total. The molecule has 98 valence electrons. The average molecular weight is 257 g/mol. The second kappa shape index (κ2) is 5.06. The van der Waals surface area contributed by atoms with E-state index in [4.69, 9.17) is 0 Å². The van der Waals surface area contributed by atoms with E-state index in [2.05, 4.69) is 10.4 Å². The molecule has 1 aromatic carbocycles. The lowest BCUT2D eigenvalue weighted by Crippen LogP contribution is -2.13.